The minimum Gasteiger partial charge on any atom is -0.306 e. The Morgan fingerprint density at radius 1 is 1.31 bits per heavy atom. The number of amides is 1. The molecule has 2 heterocycles. The zero-order valence-corrected chi connectivity index (χ0v) is 15.5. The van der Waals surface area contributed by atoms with E-state index in [0.29, 0.717) is 12.1 Å². The first-order valence-electron chi connectivity index (χ1n) is 9.36. The number of anilines is 1. The smallest absolute Gasteiger partial charge is 0.227 e. The molecule has 0 radical (unpaired) electrons. The van der Waals surface area contributed by atoms with Crippen molar-refractivity contribution in [2.24, 2.45) is 5.92 Å². The molecular weight excluding hydrogens is 331 g/mol. The number of halogens is 1. The van der Waals surface area contributed by atoms with E-state index in [1.807, 2.05) is 23.9 Å². The van der Waals surface area contributed by atoms with Crippen LogP contribution in [0, 0.1) is 11.7 Å². The van der Waals surface area contributed by atoms with E-state index in [1.54, 1.807) is 29.3 Å². The Hall–Kier alpha value is -2.21. The summed E-state index contributed by atoms with van der Waals surface area (Å²) in [6.07, 6.45) is 4.98. The van der Waals surface area contributed by atoms with E-state index in [2.05, 4.69) is 16.9 Å². The van der Waals surface area contributed by atoms with Gasteiger partial charge >= 0.3 is 0 Å². The highest BCUT2D eigenvalue weighted by atomic mass is 19.1. The van der Waals surface area contributed by atoms with Crippen LogP contribution < -0.4 is 4.90 Å². The summed E-state index contributed by atoms with van der Waals surface area (Å²) in [4.78, 5) is 16.7. The first-order chi connectivity index (χ1) is 12.6. The van der Waals surface area contributed by atoms with Gasteiger partial charge in [0.2, 0.25) is 5.91 Å². The summed E-state index contributed by atoms with van der Waals surface area (Å²) in [5.74, 6) is -0.0731. The molecule has 26 heavy (non-hydrogen) atoms. The van der Waals surface area contributed by atoms with Gasteiger partial charge in [-0.25, -0.2) is 4.39 Å². The van der Waals surface area contributed by atoms with E-state index in [4.69, 9.17) is 0 Å². The fourth-order valence-electron chi connectivity index (χ4n) is 3.80. The van der Waals surface area contributed by atoms with Crippen molar-refractivity contribution < 1.29 is 9.18 Å². The number of carbonyl (C=O) groups excluding carboxylic acids is 1. The van der Waals surface area contributed by atoms with Gasteiger partial charge in [0.1, 0.15) is 5.82 Å². The van der Waals surface area contributed by atoms with Crippen molar-refractivity contribution in [3.8, 4) is 0 Å². The number of hydrogen-bond donors (Lipinski definition) is 0. The number of likely N-dealkylation sites (tertiary alicyclic amines) is 1. The second-order valence-electron chi connectivity index (χ2n) is 6.97. The highest BCUT2D eigenvalue weighted by molar-refractivity contribution is 5.94. The van der Waals surface area contributed by atoms with Crippen LogP contribution >= 0.6 is 0 Å². The van der Waals surface area contributed by atoms with E-state index >= 15 is 0 Å². The lowest BCUT2D eigenvalue weighted by molar-refractivity contribution is -0.119. The third kappa shape index (κ3) is 4.12. The fourth-order valence-corrected chi connectivity index (χ4v) is 3.80. The molecular formula is C20H27FN4O. The summed E-state index contributed by atoms with van der Waals surface area (Å²) >= 11 is 0. The Balaban J connectivity index is 1.69. The zero-order valence-electron chi connectivity index (χ0n) is 15.5. The molecule has 140 valence electrons. The Bertz CT molecular complexity index is 718. The molecule has 6 heteroatoms. The molecule has 1 fully saturated rings. The van der Waals surface area contributed by atoms with Gasteiger partial charge in [-0.2, -0.15) is 5.10 Å². The molecule has 1 aromatic heterocycles. The Kier molecular flexibility index (Phi) is 6.04. The topological polar surface area (TPSA) is 41.4 Å². The number of nitrogens with zero attached hydrogens (tertiary/aromatic N) is 4. The molecule has 0 saturated carbocycles. The molecule has 1 aliphatic rings. The van der Waals surface area contributed by atoms with Crippen LogP contribution in [0.2, 0.25) is 0 Å². The minimum atomic E-state index is -0.331. The third-order valence-electron chi connectivity index (χ3n) is 5.16. The maximum atomic E-state index is 14.4. The number of carbonyl (C=O) groups is 1. The predicted octanol–water partition coefficient (Wildman–Crippen LogP) is 3.18. The van der Waals surface area contributed by atoms with E-state index < -0.39 is 0 Å². The number of benzene rings is 1. The summed E-state index contributed by atoms with van der Waals surface area (Å²) < 4.78 is 16.3. The second kappa shape index (κ2) is 8.45. The van der Waals surface area contributed by atoms with Crippen molar-refractivity contribution in [2.45, 2.75) is 39.3 Å². The maximum Gasteiger partial charge on any atom is 0.227 e. The van der Waals surface area contributed by atoms with Crippen LogP contribution in [0.4, 0.5) is 10.1 Å². The summed E-state index contributed by atoms with van der Waals surface area (Å²) in [5.41, 5.74) is 0.404. The van der Waals surface area contributed by atoms with Gasteiger partial charge in [0, 0.05) is 44.5 Å². The monoisotopic (exact) mass is 358 g/mol. The molecule has 1 aliphatic heterocycles. The SMILES string of the molecule is CCC(=O)N(c1ccccc1F)[C@H]1CCN(CCn2cccn2)C[C@@H]1C. The number of aromatic nitrogens is 2. The lowest BCUT2D eigenvalue weighted by atomic mass is 9.91. The molecule has 2 atom stereocenters. The van der Waals surface area contributed by atoms with Gasteiger partial charge in [0.15, 0.2) is 0 Å². The third-order valence-corrected chi connectivity index (χ3v) is 5.16. The number of hydrogen-bond acceptors (Lipinski definition) is 3. The summed E-state index contributed by atoms with van der Waals surface area (Å²) in [6, 6.07) is 8.54. The molecule has 1 aromatic carbocycles. The molecule has 1 saturated heterocycles. The van der Waals surface area contributed by atoms with Gasteiger partial charge in [0.05, 0.1) is 12.2 Å². The Morgan fingerprint density at radius 2 is 2.12 bits per heavy atom. The molecule has 0 unspecified atom stereocenters. The van der Waals surface area contributed by atoms with Crippen LogP contribution in [0.5, 0.6) is 0 Å². The quantitative estimate of drug-likeness (QED) is 0.796. The lowest BCUT2D eigenvalue weighted by Crippen LogP contribution is -2.53. The van der Waals surface area contributed by atoms with E-state index in [0.717, 1.165) is 32.6 Å². The molecule has 5 nitrogen and oxygen atoms in total. The van der Waals surface area contributed by atoms with Crippen molar-refractivity contribution in [1.29, 1.82) is 0 Å². The van der Waals surface area contributed by atoms with Crippen molar-refractivity contribution in [3.05, 3.63) is 48.5 Å². The highest BCUT2D eigenvalue weighted by Crippen LogP contribution is 2.29. The van der Waals surface area contributed by atoms with Gasteiger partial charge in [-0.3, -0.25) is 9.48 Å². The Morgan fingerprint density at radius 3 is 2.77 bits per heavy atom. The number of rotatable bonds is 6. The summed E-state index contributed by atoms with van der Waals surface area (Å²) in [5, 5.41) is 4.24. The van der Waals surface area contributed by atoms with Crippen molar-refractivity contribution in [1.82, 2.24) is 14.7 Å². The average molecular weight is 358 g/mol. The minimum absolute atomic E-state index is 0.0167. The Labute approximate surface area is 154 Å². The van der Waals surface area contributed by atoms with Gasteiger partial charge in [-0.05, 0) is 30.5 Å². The molecule has 2 aromatic rings. The van der Waals surface area contributed by atoms with E-state index in [1.165, 1.54) is 6.07 Å². The van der Waals surface area contributed by atoms with Crippen LogP contribution in [0.1, 0.15) is 26.7 Å². The molecule has 0 aliphatic carbocycles. The fraction of sp³-hybridized carbons (Fsp3) is 0.500. The van der Waals surface area contributed by atoms with E-state index in [9.17, 15) is 9.18 Å². The van der Waals surface area contributed by atoms with Gasteiger partial charge in [0.25, 0.3) is 0 Å². The standard InChI is InChI=1S/C20H27FN4O/c1-3-20(26)25(19-8-5-4-7-17(19)21)18-9-12-23(15-16(18)2)13-14-24-11-6-10-22-24/h4-8,10-11,16,18H,3,9,12-15H2,1-2H3/t16-,18-/m0/s1. The molecule has 3 rings (SSSR count). The first-order valence-corrected chi connectivity index (χ1v) is 9.36. The van der Waals surface area contributed by atoms with Crippen LogP contribution in [0.15, 0.2) is 42.7 Å². The maximum absolute atomic E-state index is 14.4. The lowest BCUT2D eigenvalue weighted by Gasteiger charge is -2.42. The first kappa shape index (κ1) is 18.6. The van der Waals surface area contributed by atoms with Crippen molar-refractivity contribution in [2.75, 3.05) is 24.5 Å². The van der Waals surface area contributed by atoms with Crippen LogP contribution in [-0.2, 0) is 11.3 Å². The van der Waals surface area contributed by atoms with Gasteiger partial charge in [-0.1, -0.05) is 26.0 Å². The second-order valence-corrected chi connectivity index (χ2v) is 6.97. The van der Waals surface area contributed by atoms with Gasteiger partial charge in [-0.15, -0.1) is 0 Å². The molecule has 0 spiro atoms. The normalized spacial score (nSPS) is 20.9. The van der Waals surface area contributed by atoms with Crippen LogP contribution in [0.25, 0.3) is 0 Å². The molecule has 1 amide bonds. The molecule has 0 N–H and O–H groups in total. The largest absolute Gasteiger partial charge is 0.306 e. The van der Waals surface area contributed by atoms with Crippen LogP contribution in [-0.4, -0.2) is 46.3 Å². The average Bonchev–Trinajstić information content (AvgIpc) is 3.16. The molecule has 0 bridgehead atoms. The van der Waals surface area contributed by atoms with Gasteiger partial charge < -0.3 is 9.80 Å². The number of para-hydroxylation sites is 1. The number of piperidine rings is 1. The summed E-state index contributed by atoms with van der Waals surface area (Å²) in [6.45, 7) is 7.57. The highest BCUT2D eigenvalue weighted by Gasteiger charge is 2.34. The zero-order chi connectivity index (χ0) is 18.5. The summed E-state index contributed by atoms with van der Waals surface area (Å²) in [7, 11) is 0. The van der Waals surface area contributed by atoms with E-state index in [-0.39, 0.29) is 23.7 Å². The van der Waals surface area contributed by atoms with Crippen LogP contribution in [0.3, 0.4) is 0 Å². The van der Waals surface area contributed by atoms with Crippen molar-refractivity contribution >= 4 is 11.6 Å². The van der Waals surface area contributed by atoms with Crippen molar-refractivity contribution in [3.63, 3.8) is 0 Å². The predicted molar refractivity (Wildman–Crippen MR) is 100 cm³/mol.